The van der Waals surface area contributed by atoms with Crippen molar-refractivity contribution < 1.29 is 17.9 Å². The van der Waals surface area contributed by atoms with E-state index < -0.39 is 10.0 Å². The maximum Gasteiger partial charge on any atom is 0.255 e. The first-order chi connectivity index (χ1) is 11.8. The molecule has 1 amide bonds. The molecule has 7 heteroatoms. The number of nitrogens with one attached hydrogen (secondary N) is 2. The van der Waals surface area contributed by atoms with Crippen molar-refractivity contribution in [1.82, 2.24) is 4.72 Å². The van der Waals surface area contributed by atoms with Gasteiger partial charge in [0.05, 0.1) is 11.5 Å². The molecule has 6 nitrogen and oxygen atoms in total. The Morgan fingerprint density at radius 2 is 1.64 bits per heavy atom. The molecule has 134 valence electrons. The van der Waals surface area contributed by atoms with E-state index in [0.29, 0.717) is 11.3 Å². The second-order valence-corrected chi connectivity index (χ2v) is 7.51. The third kappa shape index (κ3) is 5.38. The number of benzene rings is 2. The normalized spacial score (nSPS) is 11.3. The SMILES string of the molecule is COCCNS(=O)(=O)c1ccc(C(=O)Nc2cc(C)cc(C)c2)cc1. The van der Waals surface area contributed by atoms with Crippen molar-refractivity contribution in [3.63, 3.8) is 0 Å². The van der Waals surface area contributed by atoms with Crippen LogP contribution in [0.25, 0.3) is 0 Å². The minimum Gasteiger partial charge on any atom is -0.383 e. The monoisotopic (exact) mass is 362 g/mol. The van der Waals surface area contributed by atoms with Crippen molar-refractivity contribution >= 4 is 21.6 Å². The summed E-state index contributed by atoms with van der Waals surface area (Å²) in [6.07, 6.45) is 0. The first-order valence-corrected chi connectivity index (χ1v) is 9.28. The summed E-state index contributed by atoms with van der Waals surface area (Å²) in [5, 5.41) is 2.82. The smallest absolute Gasteiger partial charge is 0.255 e. The zero-order chi connectivity index (χ0) is 18.4. The molecule has 0 atom stereocenters. The number of ether oxygens (including phenoxy) is 1. The van der Waals surface area contributed by atoms with E-state index >= 15 is 0 Å². The van der Waals surface area contributed by atoms with Crippen molar-refractivity contribution in [3.8, 4) is 0 Å². The molecule has 0 aliphatic carbocycles. The Morgan fingerprint density at radius 1 is 1.04 bits per heavy atom. The van der Waals surface area contributed by atoms with Crippen LogP contribution in [0.2, 0.25) is 0 Å². The largest absolute Gasteiger partial charge is 0.383 e. The van der Waals surface area contributed by atoms with E-state index in [1.807, 2.05) is 32.0 Å². The summed E-state index contributed by atoms with van der Waals surface area (Å²) in [7, 11) is -2.11. The molecular weight excluding hydrogens is 340 g/mol. The predicted molar refractivity (Wildman–Crippen MR) is 97.4 cm³/mol. The van der Waals surface area contributed by atoms with Gasteiger partial charge in [-0.15, -0.1) is 0 Å². The van der Waals surface area contributed by atoms with Gasteiger partial charge in [0, 0.05) is 24.9 Å². The van der Waals surface area contributed by atoms with Gasteiger partial charge in [0.15, 0.2) is 0 Å². The predicted octanol–water partition coefficient (Wildman–Crippen LogP) is 2.48. The molecule has 0 fully saturated rings. The highest BCUT2D eigenvalue weighted by Gasteiger charge is 2.14. The number of hydrogen-bond donors (Lipinski definition) is 2. The van der Waals surface area contributed by atoms with Gasteiger partial charge in [-0.05, 0) is 61.4 Å². The molecule has 2 N–H and O–H groups in total. The average molecular weight is 362 g/mol. The molecule has 0 saturated heterocycles. The number of carbonyl (C=O) groups excluding carboxylic acids is 1. The quantitative estimate of drug-likeness (QED) is 0.741. The first-order valence-electron chi connectivity index (χ1n) is 7.80. The Hall–Kier alpha value is -2.22. The molecule has 0 saturated carbocycles. The van der Waals surface area contributed by atoms with E-state index in [9.17, 15) is 13.2 Å². The molecular formula is C18H22N2O4S. The summed E-state index contributed by atoms with van der Waals surface area (Å²) in [4.78, 5) is 12.4. The van der Waals surface area contributed by atoms with Gasteiger partial charge in [-0.3, -0.25) is 4.79 Å². The highest BCUT2D eigenvalue weighted by atomic mass is 32.2. The Bertz CT molecular complexity index is 826. The van der Waals surface area contributed by atoms with E-state index in [1.165, 1.54) is 31.4 Å². The summed E-state index contributed by atoms with van der Waals surface area (Å²) >= 11 is 0. The summed E-state index contributed by atoms with van der Waals surface area (Å²) < 4.78 is 31.4. The fourth-order valence-electron chi connectivity index (χ4n) is 2.40. The van der Waals surface area contributed by atoms with E-state index in [-0.39, 0.29) is 24.0 Å². The number of carbonyl (C=O) groups is 1. The van der Waals surface area contributed by atoms with Crippen molar-refractivity contribution in [3.05, 3.63) is 59.2 Å². The number of methoxy groups -OCH3 is 1. The maximum absolute atomic E-state index is 12.3. The average Bonchev–Trinajstić information content (AvgIpc) is 2.54. The molecule has 0 aromatic heterocycles. The molecule has 0 aliphatic heterocycles. The van der Waals surface area contributed by atoms with E-state index in [4.69, 9.17) is 4.74 Å². The Morgan fingerprint density at radius 3 is 2.20 bits per heavy atom. The van der Waals surface area contributed by atoms with Crippen LogP contribution in [0.5, 0.6) is 0 Å². The van der Waals surface area contributed by atoms with Crippen molar-refractivity contribution in [2.24, 2.45) is 0 Å². The topological polar surface area (TPSA) is 84.5 Å². The zero-order valence-electron chi connectivity index (χ0n) is 14.5. The van der Waals surface area contributed by atoms with Gasteiger partial charge in [0.25, 0.3) is 5.91 Å². The number of aryl methyl sites for hydroxylation is 2. The summed E-state index contributed by atoms with van der Waals surface area (Å²) in [6, 6.07) is 11.6. The third-order valence-electron chi connectivity index (χ3n) is 3.50. The lowest BCUT2D eigenvalue weighted by Crippen LogP contribution is -2.27. The van der Waals surface area contributed by atoms with Crippen LogP contribution in [0.4, 0.5) is 5.69 Å². The summed E-state index contributed by atoms with van der Waals surface area (Å²) in [5.74, 6) is -0.290. The van der Waals surface area contributed by atoms with Crippen LogP contribution >= 0.6 is 0 Å². The fraction of sp³-hybridized carbons (Fsp3) is 0.278. The number of rotatable bonds is 7. The third-order valence-corrected chi connectivity index (χ3v) is 4.98. The van der Waals surface area contributed by atoms with Gasteiger partial charge in [-0.25, -0.2) is 13.1 Å². The van der Waals surface area contributed by atoms with Gasteiger partial charge < -0.3 is 10.1 Å². The second-order valence-electron chi connectivity index (χ2n) is 5.75. The van der Waals surface area contributed by atoms with E-state index in [2.05, 4.69) is 10.0 Å². The number of anilines is 1. The Labute approximate surface area is 148 Å². The first kappa shape index (κ1) is 19.1. The highest BCUT2D eigenvalue weighted by molar-refractivity contribution is 7.89. The molecule has 0 bridgehead atoms. The molecule has 2 aromatic carbocycles. The van der Waals surface area contributed by atoms with Crippen molar-refractivity contribution in [2.45, 2.75) is 18.7 Å². The molecule has 0 spiro atoms. The van der Waals surface area contributed by atoms with Crippen LogP contribution in [-0.2, 0) is 14.8 Å². The molecule has 25 heavy (non-hydrogen) atoms. The van der Waals surface area contributed by atoms with Crippen molar-refractivity contribution in [2.75, 3.05) is 25.6 Å². The van der Waals surface area contributed by atoms with Gasteiger partial charge in [0.1, 0.15) is 0 Å². The standard InChI is InChI=1S/C18H22N2O4S/c1-13-10-14(2)12-16(11-13)20-18(21)15-4-6-17(7-5-15)25(22,23)19-8-9-24-3/h4-7,10-12,19H,8-9H2,1-3H3,(H,20,21). The van der Waals surface area contributed by atoms with E-state index in [0.717, 1.165) is 11.1 Å². The second kappa shape index (κ2) is 8.24. The van der Waals surface area contributed by atoms with Gasteiger partial charge >= 0.3 is 0 Å². The van der Waals surface area contributed by atoms with Gasteiger partial charge in [-0.2, -0.15) is 0 Å². The molecule has 0 aliphatic rings. The lowest BCUT2D eigenvalue weighted by Gasteiger charge is -2.09. The molecule has 2 rings (SSSR count). The molecule has 0 heterocycles. The summed E-state index contributed by atoms with van der Waals surface area (Å²) in [6.45, 7) is 4.39. The maximum atomic E-state index is 12.3. The number of hydrogen-bond acceptors (Lipinski definition) is 4. The van der Waals surface area contributed by atoms with Crippen LogP contribution in [-0.4, -0.2) is 34.6 Å². The number of amides is 1. The van der Waals surface area contributed by atoms with Gasteiger partial charge in [-0.1, -0.05) is 6.07 Å². The van der Waals surface area contributed by atoms with Crippen LogP contribution in [0.3, 0.4) is 0 Å². The highest BCUT2D eigenvalue weighted by Crippen LogP contribution is 2.16. The van der Waals surface area contributed by atoms with Crippen LogP contribution in [0.1, 0.15) is 21.5 Å². The Kier molecular flexibility index (Phi) is 6.30. The lowest BCUT2D eigenvalue weighted by atomic mass is 10.1. The van der Waals surface area contributed by atoms with Crippen molar-refractivity contribution in [1.29, 1.82) is 0 Å². The lowest BCUT2D eigenvalue weighted by molar-refractivity contribution is 0.102. The molecule has 2 aromatic rings. The van der Waals surface area contributed by atoms with Crippen LogP contribution in [0, 0.1) is 13.8 Å². The molecule has 0 radical (unpaired) electrons. The molecule has 0 unspecified atom stereocenters. The minimum absolute atomic E-state index is 0.103. The fourth-order valence-corrected chi connectivity index (χ4v) is 3.41. The Balaban J connectivity index is 2.09. The zero-order valence-corrected chi connectivity index (χ0v) is 15.3. The minimum atomic E-state index is -3.61. The van der Waals surface area contributed by atoms with Crippen LogP contribution in [0.15, 0.2) is 47.4 Å². The number of sulfonamides is 1. The van der Waals surface area contributed by atoms with Crippen LogP contribution < -0.4 is 10.0 Å². The van der Waals surface area contributed by atoms with E-state index in [1.54, 1.807) is 0 Å². The summed E-state index contributed by atoms with van der Waals surface area (Å²) in [5.41, 5.74) is 3.20. The van der Waals surface area contributed by atoms with Gasteiger partial charge in [0.2, 0.25) is 10.0 Å².